The Kier molecular flexibility index (Phi) is 3.40. The van der Waals surface area contributed by atoms with E-state index < -0.39 is 0 Å². The van der Waals surface area contributed by atoms with E-state index in [1.807, 2.05) is 13.0 Å². The predicted molar refractivity (Wildman–Crippen MR) is 82.6 cm³/mol. The Hall–Kier alpha value is -0.490. The zero-order valence-electron chi connectivity index (χ0n) is 9.87. The maximum absolute atomic E-state index is 5.78. The highest BCUT2D eigenvalue weighted by Crippen LogP contribution is 2.42. The summed E-state index contributed by atoms with van der Waals surface area (Å²) in [7, 11) is 0. The predicted octanol–water partition coefficient (Wildman–Crippen LogP) is 4.61. The molecule has 0 spiro atoms. The maximum atomic E-state index is 5.78. The monoisotopic (exact) mass is 418 g/mol. The van der Waals surface area contributed by atoms with E-state index in [1.54, 1.807) is 6.26 Å². The smallest absolute Gasteiger partial charge is 0.127 e. The highest BCUT2D eigenvalue weighted by atomic mass is 127. The minimum Gasteiger partial charge on any atom is -0.493 e. The van der Waals surface area contributed by atoms with Crippen molar-refractivity contribution in [3.05, 3.63) is 50.5 Å². The highest BCUT2D eigenvalue weighted by Gasteiger charge is 2.24. The van der Waals surface area contributed by atoms with Gasteiger partial charge < -0.3 is 9.15 Å². The first kappa shape index (κ1) is 12.5. The van der Waals surface area contributed by atoms with E-state index in [-0.39, 0.29) is 4.83 Å². The molecule has 1 aliphatic rings. The molecule has 3 rings (SSSR count). The van der Waals surface area contributed by atoms with Gasteiger partial charge in [0.15, 0.2) is 0 Å². The summed E-state index contributed by atoms with van der Waals surface area (Å²) in [5, 5.41) is 0. The van der Waals surface area contributed by atoms with E-state index in [2.05, 4.69) is 50.7 Å². The molecular formula is C14H12BrIO2. The lowest BCUT2D eigenvalue weighted by molar-refractivity contribution is 0.354. The fourth-order valence-electron chi connectivity index (χ4n) is 2.31. The molecule has 0 amide bonds. The average molecular weight is 419 g/mol. The van der Waals surface area contributed by atoms with Crippen LogP contribution in [0.15, 0.2) is 28.9 Å². The first-order valence-electron chi connectivity index (χ1n) is 5.80. The van der Waals surface area contributed by atoms with Crippen molar-refractivity contribution in [3.8, 4) is 5.75 Å². The minimum absolute atomic E-state index is 0.123. The standard InChI is InChI=1S/C14H12BrIO2/c1-8-11(3-5-17-8)13(15)12-7-10(16)6-9-2-4-18-14(9)12/h3,5-7,13H,2,4H2,1H3. The third-order valence-electron chi connectivity index (χ3n) is 3.22. The molecule has 1 aromatic carbocycles. The molecule has 0 fully saturated rings. The summed E-state index contributed by atoms with van der Waals surface area (Å²) in [6, 6.07) is 6.39. The van der Waals surface area contributed by atoms with Gasteiger partial charge in [-0.2, -0.15) is 0 Å². The molecule has 1 atom stereocenters. The molecule has 2 heterocycles. The van der Waals surface area contributed by atoms with Crippen LogP contribution in [0.2, 0.25) is 0 Å². The number of hydrogen-bond acceptors (Lipinski definition) is 2. The highest BCUT2D eigenvalue weighted by molar-refractivity contribution is 14.1. The van der Waals surface area contributed by atoms with Crippen LogP contribution in [-0.4, -0.2) is 6.61 Å². The number of rotatable bonds is 2. The van der Waals surface area contributed by atoms with Crippen LogP contribution < -0.4 is 4.74 Å². The Morgan fingerprint density at radius 3 is 2.89 bits per heavy atom. The SMILES string of the molecule is Cc1occc1C(Br)c1cc(I)cc2c1OCC2. The lowest BCUT2D eigenvalue weighted by Crippen LogP contribution is -1.98. The van der Waals surface area contributed by atoms with Crippen molar-refractivity contribution in [3.63, 3.8) is 0 Å². The molecule has 0 N–H and O–H groups in total. The Morgan fingerprint density at radius 2 is 2.17 bits per heavy atom. The van der Waals surface area contributed by atoms with Crippen LogP contribution in [0.4, 0.5) is 0 Å². The maximum Gasteiger partial charge on any atom is 0.127 e. The molecule has 94 valence electrons. The third-order valence-corrected chi connectivity index (χ3v) is 4.83. The van der Waals surface area contributed by atoms with Crippen LogP contribution in [0, 0.1) is 10.5 Å². The summed E-state index contributed by atoms with van der Waals surface area (Å²) in [4.78, 5) is 0.123. The number of fused-ring (bicyclic) bond motifs is 1. The van der Waals surface area contributed by atoms with Gasteiger partial charge in [0.05, 0.1) is 17.7 Å². The molecule has 0 saturated heterocycles. The quantitative estimate of drug-likeness (QED) is 0.524. The van der Waals surface area contributed by atoms with Gasteiger partial charge in [0, 0.05) is 21.1 Å². The molecule has 0 aliphatic carbocycles. The van der Waals surface area contributed by atoms with E-state index in [4.69, 9.17) is 9.15 Å². The van der Waals surface area contributed by atoms with Gasteiger partial charge in [0.2, 0.25) is 0 Å². The van der Waals surface area contributed by atoms with Crippen molar-refractivity contribution >= 4 is 38.5 Å². The van der Waals surface area contributed by atoms with E-state index in [0.29, 0.717) is 0 Å². The summed E-state index contributed by atoms with van der Waals surface area (Å²) in [6.45, 7) is 2.77. The van der Waals surface area contributed by atoms with Gasteiger partial charge in [0.1, 0.15) is 11.5 Å². The van der Waals surface area contributed by atoms with Crippen molar-refractivity contribution < 1.29 is 9.15 Å². The molecule has 1 aromatic heterocycles. The van der Waals surface area contributed by atoms with Crippen LogP contribution in [-0.2, 0) is 6.42 Å². The molecule has 1 unspecified atom stereocenters. The zero-order chi connectivity index (χ0) is 12.7. The fourth-order valence-corrected chi connectivity index (χ4v) is 3.84. The molecule has 0 saturated carbocycles. The van der Waals surface area contributed by atoms with Crippen LogP contribution >= 0.6 is 38.5 Å². The first-order chi connectivity index (χ1) is 8.66. The molecule has 2 aromatic rings. The summed E-state index contributed by atoms with van der Waals surface area (Å²) in [5.41, 5.74) is 3.66. The number of furan rings is 1. The van der Waals surface area contributed by atoms with Gasteiger partial charge in [0.25, 0.3) is 0 Å². The molecule has 1 aliphatic heterocycles. The second-order valence-electron chi connectivity index (χ2n) is 4.38. The minimum atomic E-state index is 0.123. The Bertz CT molecular complexity index is 591. The number of halogens is 2. The second kappa shape index (κ2) is 4.89. The number of alkyl halides is 1. The molecule has 0 radical (unpaired) electrons. The van der Waals surface area contributed by atoms with Crippen molar-refractivity contribution in [2.75, 3.05) is 6.61 Å². The van der Waals surface area contributed by atoms with E-state index in [0.717, 1.165) is 30.1 Å². The average Bonchev–Trinajstić information content (AvgIpc) is 2.95. The first-order valence-corrected chi connectivity index (χ1v) is 7.79. The number of benzene rings is 1. The van der Waals surface area contributed by atoms with Crippen molar-refractivity contribution in [2.24, 2.45) is 0 Å². The fraction of sp³-hybridized carbons (Fsp3) is 0.286. The molecule has 0 bridgehead atoms. The van der Waals surface area contributed by atoms with Gasteiger partial charge >= 0.3 is 0 Å². The summed E-state index contributed by atoms with van der Waals surface area (Å²) in [6.07, 6.45) is 2.73. The number of hydrogen-bond donors (Lipinski definition) is 0. The van der Waals surface area contributed by atoms with E-state index in [9.17, 15) is 0 Å². The summed E-state index contributed by atoms with van der Waals surface area (Å²) in [5.74, 6) is 1.99. The van der Waals surface area contributed by atoms with Gasteiger partial charge in [-0.15, -0.1) is 0 Å². The van der Waals surface area contributed by atoms with Gasteiger partial charge in [-0.25, -0.2) is 0 Å². The Labute approximate surface area is 128 Å². The van der Waals surface area contributed by atoms with Gasteiger partial charge in [-0.05, 0) is 53.3 Å². The van der Waals surface area contributed by atoms with Crippen LogP contribution in [0.1, 0.15) is 27.3 Å². The van der Waals surface area contributed by atoms with Crippen molar-refractivity contribution in [1.29, 1.82) is 0 Å². The van der Waals surface area contributed by atoms with E-state index in [1.165, 1.54) is 14.7 Å². The molecule has 2 nitrogen and oxygen atoms in total. The van der Waals surface area contributed by atoms with Gasteiger partial charge in [-0.1, -0.05) is 15.9 Å². The van der Waals surface area contributed by atoms with Crippen molar-refractivity contribution in [2.45, 2.75) is 18.2 Å². The van der Waals surface area contributed by atoms with E-state index >= 15 is 0 Å². The van der Waals surface area contributed by atoms with Crippen LogP contribution in [0.25, 0.3) is 0 Å². The summed E-state index contributed by atoms with van der Waals surface area (Å²) >= 11 is 6.13. The summed E-state index contributed by atoms with van der Waals surface area (Å²) < 4.78 is 12.4. The largest absolute Gasteiger partial charge is 0.493 e. The van der Waals surface area contributed by atoms with Crippen molar-refractivity contribution in [1.82, 2.24) is 0 Å². The zero-order valence-corrected chi connectivity index (χ0v) is 13.6. The van der Waals surface area contributed by atoms with Crippen LogP contribution in [0.5, 0.6) is 5.75 Å². The van der Waals surface area contributed by atoms with Crippen LogP contribution in [0.3, 0.4) is 0 Å². The van der Waals surface area contributed by atoms with Gasteiger partial charge in [-0.3, -0.25) is 0 Å². The molecular weight excluding hydrogens is 407 g/mol. The Balaban J connectivity index is 2.10. The Morgan fingerprint density at radius 1 is 1.33 bits per heavy atom. The third kappa shape index (κ3) is 2.09. The lowest BCUT2D eigenvalue weighted by Gasteiger charge is -2.14. The number of ether oxygens (including phenoxy) is 1. The number of aryl methyl sites for hydroxylation is 1. The molecule has 18 heavy (non-hydrogen) atoms. The molecule has 4 heteroatoms. The lowest BCUT2D eigenvalue weighted by atomic mass is 10.0. The second-order valence-corrected chi connectivity index (χ2v) is 6.54. The topological polar surface area (TPSA) is 22.4 Å². The normalized spacial score (nSPS) is 15.3.